The van der Waals surface area contributed by atoms with E-state index >= 15 is 0 Å². The molecule has 0 spiro atoms. The molecule has 21 heavy (non-hydrogen) atoms. The predicted octanol–water partition coefficient (Wildman–Crippen LogP) is 2.98. The minimum Gasteiger partial charge on any atom is -0.478 e. The third kappa shape index (κ3) is 2.37. The zero-order valence-electron chi connectivity index (χ0n) is 12.5. The smallest absolute Gasteiger partial charge is 0.337 e. The summed E-state index contributed by atoms with van der Waals surface area (Å²) in [7, 11) is 0. The lowest BCUT2D eigenvalue weighted by Gasteiger charge is -2.32. The molecule has 2 aromatic rings. The van der Waals surface area contributed by atoms with Gasteiger partial charge in [0.1, 0.15) is 11.3 Å². The number of carboxylic acids is 1. The maximum Gasteiger partial charge on any atom is 0.337 e. The lowest BCUT2D eigenvalue weighted by molar-refractivity contribution is 0.0698. The third-order valence-corrected chi connectivity index (χ3v) is 4.04. The average Bonchev–Trinajstić information content (AvgIpc) is 2.87. The van der Waals surface area contributed by atoms with Crippen LogP contribution in [0, 0.1) is 0 Å². The van der Waals surface area contributed by atoms with Crippen LogP contribution in [-0.4, -0.2) is 33.8 Å². The van der Waals surface area contributed by atoms with E-state index in [0.717, 1.165) is 42.8 Å². The van der Waals surface area contributed by atoms with Crippen LogP contribution < -0.4 is 5.01 Å². The van der Waals surface area contributed by atoms with Crippen molar-refractivity contribution in [2.75, 3.05) is 18.1 Å². The standard InChI is InChI=1S/C16H21N3O2/c1-11(2)15-17-13-8-6-7-12(16(20)21)14(13)19(15)18-9-4-3-5-10-18/h6-8,11H,3-5,9-10H2,1-2H3,(H,20,21). The monoisotopic (exact) mass is 287 g/mol. The van der Waals surface area contributed by atoms with Crippen LogP contribution in [0.15, 0.2) is 18.2 Å². The summed E-state index contributed by atoms with van der Waals surface area (Å²) in [4.78, 5) is 16.3. The maximum atomic E-state index is 11.6. The molecule has 1 aromatic heterocycles. The Kier molecular flexibility index (Phi) is 3.57. The molecule has 1 N–H and O–H groups in total. The van der Waals surface area contributed by atoms with Crippen LogP contribution in [0.4, 0.5) is 0 Å². The van der Waals surface area contributed by atoms with E-state index in [-0.39, 0.29) is 5.92 Å². The number of piperidine rings is 1. The Morgan fingerprint density at radius 2 is 1.95 bits per heavy atom. The van der Waals surface area contributed by atoms with E-state index in [9.17, 15) is 9.90 Å². The Hall–Kier alpha value is -2.04. The van der Waals surface area contributed by atoms with Crippen molar-refractivity contribution in [3.05, 3.63) is 29.6 Å². The molecule has 3 rings (SSSR count). The van der Waals surface area contributed by atoms with Gasteiger partial charge in [-0.3, -0.25) is 0 Å². The van der Waals surface area contributed by atoms with Crippen LogP contribution in [0.1, 0.15) is 55.2 Å². The zero-order valence-corrected chi connectivity index (χ0v) is 12.5. The fraction of sp³-hybridized carbons (Fsp3) is 0.500. The third-order valence-electron chi connectivity index (χ3n) is 4.04. The van der Waals surface area contributed by atoms with Crippen molar-refractivity contribution in [3.8, 4) is 0 Å². The molecule has 1 aromatic carbocycles. The van der Waals surface area contributed by atoms with Gasteiger partial charge in [0.05, 0.1) is 11.1 Å². The number of fused-ring (bicyclic) bond motifs is 1. The molecule has 1 aliphatic rings. The Bertz CT molecular complexity index is 669. The van der Waals surface area contributed by atoms with Crippen LogP contribution in [0.25, 0.3) is 11.0 Å². The van der Waals surface area contributed by atoms with Crippen LogP contribution in [0.5, 0.6) is 0 Å². The van der Waals surface area contributed by atoms with Crippen molar-refractivity contribution in [1.82, 2.24) is 9.66 Å². The van der Waals surface area contributed by atoms with Crippen LogP contribution in [0.3, 0.4) is 0 Å². The van der Waals surface area contributed by atoms with Gasteiger partial charge in [-0.15, -0.1) is 0 Å². The van der Waals surface area contributed by atoms with Crippen molar-refractivity contribution < 1.29 is 9.90 Å². The molecule has 0 radical (unpaired) electrons. The molecule has 0 amide bonds. The van der Waals surface area contributed by atoms with Gasteiger partial charge in [0, 0.05) is 19.0 Å². The Balaban J connectivity index is 2.26. The lowest BCUT2D eigenvalue weighted by atomic mass is 10.1. The summed E-state index contributed by atoms with van der Waals surface area (Å²) in [6.45, 7) is 6.11. The number of benzene rings is 1. The highest BCUT2D eigenvalue weighted by molar-refractivity contribution is 6.01. The molecule has 2 heterocycles. The summed E-state index contributed by atoms with van der Waals surface area (Å²) in [6, 6.07) is 5.33. The maximum absolute atomic E-state index is 11.6. The van der Waals surface area contributed by atoms with Gasteiger partial charge in [0.2, 0.25) is 0 Å². The molecule has 0 unspecified atom stereocenters. The van der Waals surface area contributed by atoms with E-state index in [1.54, 1.807) is 12.1 Å². The predicted molar refractivity (Wildman–Crippen MR) is 82.6 cm³/mol. The number of aromatic carboxylic acids is 1. The normalized spacial score (nSPS) is 15.9. The zero-order chi connectivity index (χ0) is 15.0. The number of aromatic nitrogens is 2. The van der Waals surface area contributed by atoms with Gasteiger partial charge in [0.15, 0.2) is 0 Å². The molecular weight excluding hydrogens is 266 g/mol. The number of hydrogen-bond acceptors (Lipinski definition) is 3. The van der Waals surface area contributed by atoms with Crippen molar-refractivity contribution >= 4 is 17.0 Å². The molecule has 0 atom stereocenters. The molecule has 0 saturated carbocycles. The quantitative estimate of drug-likeness (QED) is 0.943. The topological polar surface area (TPSA) is 58.4 Å². The second kappa shape index (κ2) is 5.39. The SMILES string of the molecule is CC(C)c1nc2cccc(C(=O)O)c2n1N1CCCCC1. The van der Waals surface area contributed by atoms with Crippen LogP contribution >= 0.6 is 0 Å². The van der Waals surface area contributed by atoms with Crippen molar-refractivity contribution in [1.29, 1.82) is 0 Å². The van der Waals surface area contributed by atoms with Crippen LogP contribution in [-0.2, 0) is 0 Å². The molecule has 0 aliphatic carbocycles. The first-order chi connectivity index (χ1) is 10.1. The molecule has 1 aliphatic heterocycles. The molecule has 1 fully saturated rings. The van der Waals surface area contributed by atoms with Gasteiger partial charge < -0.3 is 10.1 Å². The second-order valence-electron chi connectivity index (χ2n) is 5.93. The molecule has 5 nitrogen and oxygen atoms in total. The van der Waals surface area contributed by atoms with E-state index in [1.165, 1.54) is 6.42 Å². The second-order valence-corrected chi connectivity index (χ2v) is 5.93. The fourth-order valence-corrected chi connectivity index (χ4v) is 3.04. The van der Waals surface area contributed by atoms with Gasteiger partial charge >= 0.3 is 5.97 Å². The van der Waals surface area contributed by atoms with E-state index < -0.39 is 5.97 Å². The van der Waals surface area contributed by atoms with Gasteiger partial charge in [-0.1, -0.05) is 19.9 Å². The van der Waals surface area contributed by atoms with Gasteiger partial charge in [0.25, 0.3) is 0 Å². The van der Waals surface area contributed by atoms with E-state index in [0.29, 0.717) is 5.56 Å². The minimum absolute atomic E-state index is 0.251. The highest BCUT2D eigenvalue weighted by Gasteiger charge is 2.23. The van der Waals surface area contributed by atoms with Crippen molar-refractivity contribution in [2.45, 2.75) is 39.0 Å². The highest BCUT2D eigenvalue weighted by Crippen LogP contribution is 2.26. The number of nitrogens with zero attached hydrogens (tertiary/aromatic N) is 3. The van der Waals surface area contributed by atoms with Gasteiger partial charge in [-0.25, -0.2) is 14.5 Å². The molecular formula is C16H21N3O2. The van der Waals surface area contributed by atoms with E-state index in [1.807, 2.05) is 6.07 Å². The lowest BCUT2D eigenvalue weighted by Crippen LogP contribution is -2.40. The number of carboxylic acid groups (broad SMARTS) is 1. The summed E-state index contributed by atoms with van der Waals surface area (Å²) in [5, 5.41) is 11.7. The number of carbonyl (C=O) groups is 1. The number of hydrogen-bond donors (Lipinski definition) is 1. The first-order valence-corrected chi connectivity index (χ1v) is 7.59. The van der Waals surface area contributed by atoms with Gasteiger partial charge in [-0.2, -0.15) is 0 Å². The summed E-state index contributed by atoms with van der Waals surface area (Å²) in [6.07, 6.45) is 3.53. The minimum atomic E-state index is -0.894. The summed E-state index contributed by atoms with van der Waals surface area (Å²) >= 11 is 0. The molecule has 1 saturated heterocycles. The Labute approximate surface area is 124 Å². The highest BCUT2D eigenvalue weighted by atomic mass is 16.4. The Morgan fingerprint density at radius 3 is 2.57 bits per heavy atom. The summed E-state index contributed by atoms with van der Waals surface area (Å²) in [5.74, 6) is 0.302. The van der Waals surface area contributed by atoms with Crippen molar-refractivity contribution in [2.24, 2.45) is 0 Å². The van der Waals surface area contributed by atoms with E-state index in [2.05, 4.69) is 28.5 Å². The van der Waals surface area contributed by atoms with E-state index in [4.69, 9.17) is 0 Å². The Morgan fingerprint density at radius 1 is 1.24 bits per heavy atom. The first-order valence-electron chi connectivity index (χ1n) is 7.59. The largest absolute Gasteiger partial charge is 0.478 e. The first kappa shape index (κ1) is 13.9. The molecule has 112 valence electrons. The van der Waals surface area contributed by atoms with Crippen molar-refractivity contribution in [3.63, 3.8) is 0 Å². The number of rotatable bonds is 3. The summed E-state index contributed by atoms with van der Waals surface area (Å²) < 4.78 is 2.06. The average molecular weight is 287 g/mol. The number of para-hydroxylation sites is 1. The summed E-state index contributed by atoms with van der Waals surface area (Å²) in [5.41, 5.74) is 1.83. The number of imidazole rings is 1. The fourth-order valence-electron chi connectivity index (χ4n) is 3.04. The molecule has 0 bridgehead atoms. The molecule has 5 heteroatoms. The van der Waals surface area contributed by atoms with Crippen LogP contribution in [0.2, 0.25) is 0 Å². The van der Waals surface area contributed by atoms with Gasteiger partial charge in [-0.05, 0) is 31.4 Å².